The van der Waals surface area contributed by atoms with Gasteiger partial charge in [0.25, 0.3) is 0 Å². The van der Waals surface area contributed by atoms with Crippen LogP contribution in [-0.4, -0.2) is 11.1 Å². The monoisotopic (exact) mass is 156 g/mol. The maximum Gasteiger partial charge on any atom is 0.309 e. The molecule has 0 aromatic rings. The number of unbranched alkanes of at least 4 members (excludes halogenated alkanes) is 2. The summed E-state index contributed by atoms with van der Waals surface area (Å²) in [4.78, 5) is 10.7. The highest BCUT2D eigenvalue weighted by Gasteiger charge is 2.49. The van der Waals surface area contributed by atoms with Gasteiger partial charge in [0, 0.05) is 0 Å². The molecule has 1 aliphatic carbocycles. The third kappa shape index (κ3) is 1.95. The van der Waals surface area contributed by atoms with Crippen LogP contribution in [0.15, 0.2) is 0 Å². The molecule has 0 unspecified atom stereocenters. The van der Waals surface area contributed by atoms with Gasteiger partial charge in [0.2, 0.25) is 0 Å². The van der Waals surface area contributed by atoms with E-state index in [0.717, 1.165) is 25.7 Å². The standard InChI is InChI=1S/C9H16O2/c1-2-3-4-5-9(6-7-9)8(10)11/h2-7H2,1H3,(H,10,11). The maximum absolute atomic E-state index is 10.7. The Kier molecular flexibility index (Phi) is 2.53. The Hall–Kier alpha value is -0.530. The zero-order valence-electron chi connectivity index (χ0n) is 7.10. The van der Waals surface area contributed by atoms with Crippen molar-refractivity contribution in [2.75, 3.05) is 0 Å². The third-order valence-corrected chi connectivity index (χ3v) is 2.57. The Balaban J connectivity index is 2.20. The smallest absolute Gasteiger partial charge is 0.309 e. The summed E-state index contributed by atoms with van der Waals surface area (Å²) in [5.41, 5.74) is -0.283. The average molecular weight is 156 g/mol. The molecule has 0 heterocycles. The van der Waals surface area contributed by atoms with Gasteiger partial charge in [0.05, 0.1) is 5.41 Å². The van der Waals surface area contributed by atoms with Gasteiger partial charge in [0.1, 0.15) is 0 Å². The van der Waals surface area contributed by atoms with E-state index in [0.29, 0.717) is 0 Å². The molecule has 0 radical (unpaired) electrons. The van der Waals surface area contributed by atoms with Crippen LogP contribution in [0.4, 0.5) is 0 Å². The summed E-state index contributed by atoms with van der Waals surface area (Å²) in [6.45, 7) is 2.14. The highest BCUT2D eigenvalue weighted by Crippen LogP contribution is 2.50. The van der Waals surface area contributed by atoms with Crippen molar-refractivity contribution >= 4 is 5.97 Å². The molecule has 64 valence electrons. The fourth-order valence-corrected chi connectivity index (χ4v) is 1.44. The lowest BCUT2D eigenvalue weighted by Crippen LogP contribution is -2.14. The minimum absolute atomic E-state index is 0.283. The second kappa shape index (κ2) is 3.24. The lowest BCUT2D eigenvalue weighted by Gasteiger charge is -2.07. The van der Waals surface area contributed by atoms with Crippen LogP contribution in [0.5, 0.6) is 0 Å². The Morgan fingerprint density at radius 1 is 1.45 bits per heavy atom. The lowest BCUT2D eigenvalue weighted by molar-refractivity contribution is -0.143. The van der Waals surface area contributed by atoms with E-state index in [1.807, 2.05) is 0 Å². The molecule has 0 spiro atoms. The van der Waals surface area contributed by atoms with Crippen LogP contribution < -0.4 is 0 Å². The zero-order valence-corrected chi connectivity index (χ0v) is 7.10. The van der Waals surface area contributed by atoms with Gasteiger partial charge in [-0.15, -0.1) is 0 Å². The Bertz CT molecular complexity index is 148. The molecule has 1 N–H and O–H groups in total. The number of hydrogen-bond acceptors (Lipinski definition) is 1. The van der Waals surface area contributed by atoms with Crippen molar-refractivity contribution in [3.05, 3.63) is 0 Å². The molecule has 2 heteroatoms. The molecule has 1 rings (SSSR count). The van der Waals surface area contributed by atoms with Gasteiger partial charge in [-0.25, -0.2) is 0 Å². The minimum atomic E-state index is -0.575. The van der Waals surface area contributed by atoms with Crippen molar-refractivity contribution in [2.45, 2.75) is 45.4 Å². The van der Waals surface area contributed by atoms with Crippen LogP contribution in [0.2, 0.25) is 0 Å². The SMILES string of the molecule is CCCCCC1(C(=O)O)CC1. The first-order valence-corrected chi connectivity index (χ1v) is 4.45. The fourth-order valence-electron chi connectivity index (χ4n) is 1.44. The molecule has 0 aromatic carbocycles. The second-order valence-electron chi connectivity index (χ2n) is 3.54. The quantitative estimate of drug-likeness (QED) is 0.621. The van der Waals surface area contributed by atoms with E-state index in [2.05, 4.69) is 6.92 Å². The van der Waals surface area contributed by atoms with E-state index in [-0.39, 0.29) is 5.41 Å². The number of carboxylic acid groups (broad SMARTS) is 1. The van der Waals surface area contributed by atoms with Crippen LogP contribution in [0, 0.1) is 5.41 Å². The predicted molar refractivity (Wildman–Crippen MR) is 43.4 cm³/mol. The number of carbonyl (C=O) groups is 1. The van der Waals surface area contributed by atoms with Gasteiger partial charge in [-0.2, -0.15) is 0 Å². The Morgan fingerprint density at radius 3 is 2.45 bits per heavy atom. The minimum Gasteiger partial charge on any atom is -0.481 e. The van der Waals surface area contributed by atoms with E-state index in [4.69, 9.17) is 5.11 Å². The van der Waals surface area contributed by atoms with Crippen LogP contribution in [0.1, 0.15) is 45.4 Å². The molecule has 0 bridgehead atoms. The molecule has 0 atom stereocenters. The summed E-state index contributed by atoms with van der Waals surface area (Å²) in [7, 11) is 0. The summed E-state index contributed by atoms with van der Waals surface area (Å²) >= 11 is 0. The lowest BCUT2D eigenvalue weighted by atomic mass is 9.99. The first-order chi connectivity index (χ1) is 5.21. The van der Waals surface area contributed by atoms with Crippen LogP contribution >= 0.6 is 0 Å². The van der Waals surface area contributed by atoms with Crippen molar-refractivity contribution in [3.63, 3.8) is 0 Å². The predicted octanol–water partition coefficient (Wildman–Crippen LogP) is 2.43. The van der Waals surface area contributed by atoms with Gasteiger partial charge < -0.3 is 5.11 Å². The largest absolute Gasteiger partial charge is 0.481 e. The van der Waals surface area contributed by atoms with Gasteiger partial charge >= 0.3 is 5.97 Å². The highest BCUT2D eigenvalue weighted by atomic mass is 16.4. The van der Waals surface area contributed by atoms with E-state index in [1.54, 1.807) is 0 Å². The number of carboxylic acids is 1. The van der Waals surface area contributed by atoms with Gasteiger partial charge in [-0.3, -0.25) is 4.79 Å². The Morgan fingerprint density at radius 2 is 2.09 bits per heavy atom. The second-order valence-corrected chi connectivity index (χ2v) is 3.54. The Labute approximate surface area is 67.6 Å². The number of rotatable bonds is 5. The van der Waals surface area contributed by atoms with E-state index in [9.17, 15) is 4.79 Å². The maximum atomic E-state index is 10.7. The molecule has 1 saturated carbocycles. The van der Waals surface area contributed by atoms with E-state index < -0.39 is 5.97 Å². The summed E-state index contributed by atoms with van der Waals surface area (Å²) in [5.74, 6) is -0.575. The first-order valence-electron chi connectivity index (χ1n) is 4.45. The van der Waals surface area contributed by atoms with Crippen molar-refractivity contribution in [1.29, 1.82) is 0 Å². The molecule has 1 fully saturated rings. The van der Waals surface area contributed by atoms with Gasteiger partial charge in [-0.1, -0.05) is 26.2 Å². The topological polar surface area (TPSA) is 37.3 Å². The molecule has 0 saturated heterocycles. The summed E-state index contributed by atoms with van der Waals surface area (Å²) in [5, 5.41) is 8.80. The molecule has 2 nitrogen and oxygen atoms in total. The van der Waals surface area contributed by atoms with Gasteiger partial charge in [-0.05, 0) is 19.3 Å². The average Bonchev–Trinajstić information content (AvgIpc) is 2.70. The highest BCUT2D eigenvalue weighted by molar-refractivity contribution is 5.77. The fraction of sp³-hybridized carbons (Fsp3) is 0.889. The van der Waals surface area contributed by atoms with Crippen molar-refractivity contribution in [2.24, 2.45) is 5.41 Å². The normalized spacial score (nSPS) is 19.7. The first kappa shape index (κ1) is 8.57. The third-order valence-electron chi connectivity index (χ3n) is 2.57. The van der Waals surface area contributed by atoms with Crippen molar-refractivity contribution in [3.8, 4) is 0 Å². The van der Waals surface area contributed by atoms with E-state index in [1.165, 1.54) is 12.8 Å². The van der Waals surface area contributed by atoms with Crippen LogP contribution in [0.25, 0.3) is 0 Å². The van der Waals surface area contributed by atoms with Crippen molar-refractivity contribution < 1.29 is 9.90 Å². The van der Waals surface area contributed by atoms with Crippen LogP contribution in [-0.2, 0) is 4.79 Å². The molecule has 0 amide bonds. The molecule has 1 aliphatic rings. The van der Waals surface area contributed by atoms with E-state index >= 15 is 0 Å². The van der Waals surface area contributed by atoms with Gasteiger partial charge in [0.15, 0.2) is 0 Å². The number of hydrogen-bond donors (Lipinski definition) is 1. The van der Waals surface area contributed by atoms with Crippen molar-refractivity contribution in [1.82, 2.24) is 0 Å². The summed E-state index contributed by atoms with van der Waals surface area (Å²) in [6, 6.07) is 0. The number of aliphatic carboxylic acids is 1. The summed E-state index contributed by atoms with van der Waals surface area (Å²) < 4.78 is 0. The van der Waals surface area contributed by atoms with Crippen LogP contribution in [0.3, 0.4) is 0 Å². The molecular formula is C9H16O2. The zero-order chi connectivity index (χ0) is 8.32. The molecule has 0 aromatic heterocycles. The molecular weight excluding hydrogens is 140 g/mol. The molecule has 11 heavy (non-hydrogen) atoms. The molecule has 0 aliphatic heterocycles. The summed E-state index contributed by atoms with van der Waals surface area (Å²) in [6.07, 6.45) is 6.15.